The van der Waals surface area contributed by atoms with E-state index in [2.05, 4.69) is 176 Å². The average Bonchev–Trinajstić information content (AvgIpc) is 2.74. The standard InChI is InChI=1S/C7H11N.2C6H10N2.2C5H9N3O.4C5H9N3.9C2H6/c1-7(2)8-5-3-4-6-8;1-6(2)8-4-3-7-5-8;1-6(2)8-5-3-4-7-8;1-4(2)8-3-6-7-5(8)9;1-4(2)8-5(9)6-3-7-8;1-5(2)8-3-6-7-4-8;1-5(2)8-4-6-3-7-8;1-5(2)8-4-3-6-7-8;1-5(2)8-6-3-4-7-8;9*1-2/h3-7H,1-2H3;2*3-6H,1-2H3;3-4H,1-2H3,(H,7,9);3-4H,1-2H3,(H,6,7,9);4*3-5H,1-2H3;9*1-2H3. The Hall–Kier alpha value is -7.86. The van der Waals surface area contributed by atoms with Gasteiger partial charge in [0.25, 0.3) is 0 Å². The number of aromatic nitrogens is 23. The minimum absolute atomic E-state index is 0.142. The molecule has 0 saturated carbocycles. The van der Waals surface area contributed by atoms with Crippen LogP contribution in [-0.2, 0) is 0 Å². The second-order valence-corrected chi connectivity index (χ2v) is 18.6. The predicted octanol–water partition coefficient (Wildman–Crippen LogP) is 18.0. The largest absolute Gasteiger partial charge is 0.352 e. The number of rotatable bonds is 9. The van der Waals surface area contributed by atoms with Crippen molar-refractivity contribution in [3.8, 4) is 0 Å². The highest BCUT2D eigenvalue weighted by Gasteiger charge is 2.01. The smallest absolute Gasteiger partial charge is 0.343 e. The Balaban J connectivity index is -0.000000117. The third kappa shape index (κ3) is 57.3. The highest BCUT2D eigenvalue weighted by Crippen LogP contribution is 2.03. The number of nitrogens with zero attached hydrogens (tertiary/aromatic N) is 21. The van der Waals surface area contributed by atoms with E-state index in [4.69, 9.17) is 0 Å². The van der Waals surface area contributed by atoms with E-state index in [-0.39, 0.29) is 23.5 Å². The van der Waals surface area contributed by atoms with Crippen molar-refractivity contribution in [3.05, 3.63) is 145 Å². The molecule has 0 atom stereocenters. The lowest BCUT2D eigenvalue weighted by molar-refractivity contribution is 0.466. The molecule has 25 nitrogen and oxygen atoms in total. The molecule has 0 radical (unpaired) electrons. The molecule has 0 aliphatic heterocycles. The van der Waals surface area contributed by atoms with Gasteiger partial charge in [-0.15, -0.1) is 15.3 Å². The van der Waals surface area contributed by atoms with Crippen molar-refractivity contribution in [1.29, 1.82) is 0 Å². The van der Waals surface area contributed by atoms with Gasteiger partial charge in [-0.25, -0.2) is 29.3 Å². The van der Waals surface area contributed by atoms with E-state index in [0.29, 0.717) is 42.3 Å². The first kappa shape index (κ1) is 103. The van der Waals surface area contributed by atoms with E-state index in [1.54, 1.807) is 70.5 Å². The lowest BCUT2D eigenvalue weighted by Crippen LogP contribution is -2.19. The van der Waals surface area contributed by atoms with Gasteiger partial charge in [0.05, 0.1) is 37.0 Å². The van der Waals surface area contributed by atoms with Gasteiger partial charge in [0.2, 0.25) is 0 Å². The van der Waals surface area contributed by atoms with Gasteiger partial charge in [0, 0.05) is 85.7 Å². The molecule has 9 rings (SSSR count). The molecule has 2 N–H and O–H groups in total. The molecule has 0 aliphatic carbocycles. The zero-order chi connectivity index (χ0) is 73.6. The molecule has 0 fully saturated rings. The van der Waals surface area contributed by atoms with Gasteiger partial charge in [0.1, 0.15) is 38.0 Å². The van der Waals surface area contributed by atoms with Crippen LogP contribution in [0.5, 0.6) is 0 Å². The van der Waals surface area contributed by atoms with Crippen molar-refractivity contribution in [2.24, 2.45) is 0 Å². The normalized spacial score (nSPS) is 8.97. The first-order chi connectivity index (χ1) is 44.1. The summed E-state index contributed by atoms with van der Waals surface area (Å²) >= 11 is 0. The third-order valence-corrected chi connectivity index (χ3v) is 9.47. The zero-order valence-electron chi connectivity index (χ0n) is 65.0. The molecule has 0 aliphatic rings. The van der Waals surface area contributed by atoms with E-state index in [1.807, 2.05) is 219 Å². The molecule has 9 aromatic heterocycles. The predicted molar refractivity (Wildman–Crippen MR) is 390 cm³/mol. The Morgan fingerprint density at radius 2 is 0.815 bits per heavy atom. The molecule has 0 aromatic carbocycles. The van der Waals surface area contributed by atoms with Gasteiger partial charge >= 0.3 is 11.4 Å². The molecule has 534 valence electrons. The first-order valence-electron chi connectivity index (χ1n) is 33.8. The molecule has 0 saturated heterocycles. The highest BCUT2D eigenvalue weighted by atomic mass is 16.2. The lowest BCUT2D eigenvalue weighted by atomic mass is 10.4. The van der Waals surface area contributed by atoms with Crippen LogP contribution >= 0.6 is 0 Å². The fourth-order valence-electron chi connectivity index (χ4n) is 5.06. The van der Waals surface area contributed by atoms with Gasteiger partial charge in [-0.1, -0.05) is 130 Å². The number of hydrogen-bond acceptors (Lipinski definition) is 14. The molecule has 9 heterocycles. The van der Waals surface area contributed by atoms with Crippen molar-refractivity contribution < 1.29 is 0 Å². The molecular weight excluding hydrogens is 1160 g/mol. The number of nitrogens with one attached hydrogen (secondary N) is 2. The van der Waals surface area contributed by atoms with Crippen molar-refractivity contribution >= 4 is 0 Å². The quantitative estimate of drug-likeness (QED) is 0.136. The summed E-state index contributed by atoms with van der Waals surface area (Å²) in [4.78, 5) is 33.2. The molecule has 0 amide bonds. The van der Waals surface area contributed by atoms with Gasteiger partial charge in [0.15, 0.2) is 0 Å². The Morgan fingerprint density at radius 3 is 1.01 bits per heavy atom. The Morgan fingerprint density at radius 1 is 0.337 bits per heavy atom. The lowest BCUT2D eigenvalue weighted by Gasteiger charge is -2.03. The maximum Gasteiger partial charge on any atom is 0.343 e. The van der Waals surface area contributed by atoms with Gasteiger partial charge in [-0.2, -0.15) is 35.4 Å². The fraction of sp³-hybridized carbons (Fsp3) is 0.672. The minimum atomic E-state index is -0.148. The van der Waals surface area contributed by atoms with Crippen LogP contribution in [0.3, 0.4) is 0 Å². The van der Waals surface area contributed by atoms with Crippen LogP contribution in [0.25, 0.3) is 0 Å². The summed E-state index contributed by atoms with van der Waals surface area (Å²) in [5.74, 6) is 0. The summed E-state index contributed by atoms with van der Waals surface area (Å²) in [6, 6.07) is 9.69. The monoisotopic (exact) mass is 1300 g/mol. The molecule has 25 heteroatoms. The minimum Gasteiger partial charge on any atom is -0.352 e. The molecule has 0 spiro atoms. The van der Waals surface area contributed by atoms with Crippen LogP contribution in [0.1, 0.15) is 304 Å². The summed E-state index contributed by atoms with van der Waals surface area (Å²) in [7, 11) is 0. The van der Waals surface area contributed by atoms with E-state index in [0.717, 1.165) is 0 Å². The summed E-state index contributed by atoms with van der Waals surface area (Å²) in [6.07, 6.45) is 29.9. The second-order valence-electron chi connectivity index (χ2n) is 18.6. The Bertz CT molecular complexity index is 2220. The van der Waals surface area contributed by atoms with Crippen molar-refractivity contribution in [2.45, 2.75) is 304 Å². The van der Waals surface area contributed by atoms with Crippen LogP contribution in [0.2, 0.25) is 0 Å². The highest BCUT2D eigenvalue weighted by molar-refractivity contribution is 4.91. The number of hydrogen-bond donors (Lipinski definition) is 2. The van der Waals surface area contributed by atoms with E-state index in [9.17, 15) is 9.59 Å². The Labute approximate surface area is 559 Å². The van der Waals surface area contributed by atoms with Crippen LogP contribution in [0, 0.1) is 0 Å². The van der Waals surface area contributed by atoms with E-state index >= 15 is 0 Å². The third-order valence-electron chi connectivity index (χ3n) is 9.47. The number of aromatic amines is 2. The summed E-state index contributed by atoms with van der Waals surface area (Å²) < 4.78 is 14.6. The van der Waals surface area contributed by atoms with Crippen LogP contribution in [-0.4, -0.2) is 113 Å². The SMILES string of the molecule is CC.CC.CC.CC.CC.CC.CC.CC.CC.CC(C)n1cccc1.CC(C)n1cccn1.CC(C)n1ccnc1.CC(C)n1ccnn1.CC(C)n1cn[nH]c1=O.CC(C)n1cncn1.CC(C)n1cnnc1.CC(C)n1nc[nH]c1=O.CC(C)n1nccn1. The molecule has 0 unspecified atom stereocenters. The van der Waals surface area contributed by atoms with E-state index < -0.39 is 0 Å². The summed E-state index contributed by atoms with van der Waals surface area (Å²) in [6.45, 7) is 73.0. The van der Waals surface area contributed by atoms with Gasteiger partial charge in [-0.05, 0) is 143 Å². The summed E-state index contributed by atoms with van der Waals surface area (Å²) in [5, 5.41) is 40.2. The average molecular weight is 1300 g/mol. The van der Waals surface area contributed by atoms with E-state index in [1.165, 1.54) is 21.9 Å². The number of imidazole rings is 1. The molecule has 0 bridgehead atoms. The molecule has 92 heavy (non-hydrogen) atoms. The maximum absolute atomic E-state index is 10.7. The molecular formula is C67H139N23O2. The first-order valence-corrected chi connectivity index (χ1v) is 33.8. The molecule has 9 aromatic rings. The van der Waals surface area contributed by atoms with Crippen LogP contribution < -0.4 is 11.4 Å². The van der Waals surface area contributed by atoms with Crippen molar-refractivity contribution in [2.75, 3.05) is 0 Å². The second kappa shape index (κ2) is 75.6. The van der Waals surface area contributed by atoms with Gasteiger partial charge in [-0.3, -0.25) is 23.6 Å². The van der Waals surface area contributed by atoms with Crippen LogP contribution in [0.15, 0.2) is 134 Å². The number of H-pyrrole nitrogens is 2. The van der Waals surface area contributed by atoms with Gasteiger partial charge < -0.3 is 13.7 Å². The van der Waals surface area contributed by atoms with Crippen molar-refractivity contribution in [1.82, 2.24) is 113 Å². The van der Waals surface area contributed by atoms with Crippen LogP contribution in [0.4, 0.5) is 0 Å². The Kier molecular flexibility index (Phi) is 84.6. The summed E-state index contributed by atoms with van der Waals surface area (Å²) in [5.41, 5.74) is -0.296. The topological polar surface area (TPSA) is 265 Å². The maximum atomic E-state index is 10.7. The fourth-order valence-corrected chi connectivity index (χ4v) is 5.06. The van der Waals surface area contributed by atoms with Crippen molar-refractivity contribution in [3.63, 3.8) is 0 Å². The zero-order valence-corrected chi connectivity index (χ0v) is 65.0.